The van der Waals surface area contributed by atoms with Crippen LogP contribution in [0.1, 0.15) is 6.42 Å². The van der Waals surface area contributed by atoms with Crippen molar-refractivity contribution >= 4 is 32.9 Å². The summed E-state index contributed by atoms with van der Waals surface area (Å²) in [7, 11) is 3.96. The summed E-state index contributed by atoms with van der Waals surface area (Å²) in [5.74, 6) is 0.279. The Bertz CT molecular complexity index is 417. The maximum absolute atomic E-state index is 10.6. The van der Waals surface area contributed by atoms with Gasteiger partial charge >= 0.3 is 0 Å². The largest absolute Gasteiger partial charge is 0.755 e. The maximum atomic E-state index is 10.6. The highest BCUT2D eigenvalue weighted by Crippen LogP contribution is 2.25. The SMILES string of the molecule is CN(C)CCCOc1ncc(Br)cc1NS(=O)[O-]. The number of halogens is 1. The number of nitrogens with one attached hydrogen (secondary N) is 1. The van der Waals surface area contributed by atoms with Gasteiger partial charge in [-0.1, -0.05) is 0 Å². The molecule has 0 radical (unpaired) electrons. The van der Waals surface area contributed by atoms with E-state index in [2.05, 4.69) is 25.6 Å². The average Bonchev–Trinajstić information content (AvgIpc) is 2.25. The Labute approximate surface area is 117 Å². The minimum absolute atomic E-state index is 0.279. The van der Waals surface area contributed by atoms with Gasteiger partial charge in [-0.15, -0.1) is 0 Å². The quantitative estimate of drug-likeness (QED) is 0.601. The third kappa shape index (κ3) is 5.76. The predicted molar refractivity (Wildman–Crippen MR) is 73.1 cm³/mol. The molecule has 0 saturated carbocycles. The summed E-state index contributed by atoms with van der Waals surface area (Å²) < 4.78 is 29.6. The highest BCUT2D eigenvalue weighted by molar-refractivity contribution is 9.10. The second-order valence-corrected chi connectivity index (χ2v) is 5.44. The lowest BCUT2D eigenvalue weighted by molar-refractivity contribution is 0.274. The first-order valence-corrected chi connectivity index (χ1v) is 7.15. The highest BCUT2D eigenvalue weighted by atomic mass is 79.9. The fourth-order valence-corrected chi connectivity index (χ4v) is 1.91. The summed E-state index contributed by atoms with van der Waals surface area (Å²) in [5, 5.41) is 0. The molecule has 0 amide bonds. The van der Waals surface area contributed by atoms with E-state index < -0.39 is 11.3 Å². The van der Waals surface area contributed by atoms with Crippen LogP contribution in [0.5, 0.6) is 5.88 Å². The Balaban J connectivity index is 2.60. The molecule has 8 heteroatoms. The molecule has 0 spiro atoms. The van der Waals surface area contributed by atoms with Crippen LogP contribution in [0.25, 0.3) is 0 Å². The molecule has 102 valence electrons. The molecule has 6 nitrogen and oxygen atoms in total. The molecule has 1 aromatic rings. The lowest BCUT2D eigenvalue weighted by Gasteiger charge is -2.14. The standard InChI is InChI=1S/C10H16BrN3O3S/c1-14(2)4-3-5-17-10-9(13-18(15)16)6-8(11)7-12-10/h6-7,13H,3-5H2,1-2H3,(H,15,16)/p-1. The molecule has 0 aliphatic carbocycles. The van der Waals surface area contributed by atoms with Gasteiger partial charge in [-0.25, -0.2) is 4.98 Å². The number of pyridine rings is 1. The lowest BCUT2D eigenvalue weighted by Crippen LogP contribution is -2.16. The van der Waals surface area contributed by atoms with Crippen molar-refractivity contribution < 1.29 is 13.5 Å². The van der Waals surface area contributed by atoms with Gasteiger partial charge < -0.3 is 18.9 Å². The van der Waals surface area contributed by atoms with E-state index in [-0.39, 0.29) is 5.88 Å². The molecule has 0 saturated heterocycles. The fraction of sp³-hybridized carbons (Fsp3) is 0.500. The highest BCUT2D eigenvalue weighted by Gasteiger charge is 2.06. The van der Waals surface area contributed by atoms with Crippen LogP contribution in [-0.2, 0) is 11.3 Å². The number of nitrogens with zero attached hydrogens (tertiary/aromatic N) is 2. The summed E-state index contributed by atoms with van der Waals surface area (Å²) in [4.78, 5) is 6.08. The van der Waals surface area contributed by atoms with Gasteiger partial charge in [0.25, 0.3) is 0 Å². The van der Waals surface area contributed by atoms with E-state index in [1.807, 2.05) is 19.0 Å². The van der Waals surface area contributed by atoms with Gasteiger partial charge in [0.15, 0.2) is 0 Å². The first-order chi connectivity index (χ1) is 8.49. The minimum atomic E-state index is -2.40. The fourth-order valence-electron chi connectivity index (χ4n) is 1.25. The third-order valence-electron chi connectivity index (χ3n) is 2.00. The summed E-state index contributed by atoms with van der Waals surface area (Å²) in [5.41, 5.74) is 0.322. The normalized spacial score (nSPS) is 12.5. The van der Waals surface area contributed by atoms with E-state index in [0.29, 0.717) is 16.8 Å². The lowest BCUT2D eigenvalue weighted by atomic mass is 10.4. The van der Waals surface area contributed by atoms with Crippen LogP contribution in [0.15, 0.2) is 16.7 Å². The predicted octanol–water partition coefficient (Wildman–Crippen LogP) is 1.38. The van der Waals surface area contributed by atoms with Crippen molar-refractivity contribution in [1.82, 2.24) is 9.88 Å². The molecule has 1 aromatic heterocycles. The molecular formula is C10H15BrN3O3S-. The van der Waals surface area contributed by atoms with Crippen LogP contribution in [0.2, 0.25) is 0 Å². The topological polar surface area (TPSA) is 77.5 Å². The maximum Gasteiger partial charge on any atom is 0.238 e. The van der Waals surface area contributed by atoms with Crippen LogP contribution in [0.3, 0.4) is 0 Å². The Morgan fingerprint density at radius 1 is 1.61 bits per heavy atom. The van der Waals surface area contributed by atoms with Crippen molar-refractivity contribution in [2.24, 2.45) is 0 Å². The van der Waals surface area contributed by atoms with Crippen molar-refractivity contribution in [2.75, 3.05) is 32.0 Å². The first kappa shape index (κ1) is 15.4. The molecule has 1 heterocycles. The Morgan fingerprint density at radius 2 is 2.33 bits per heavy atom. The van der Waals surface area contributed by atoms with Crippen molar-refractivity contribution in [3.63, 3.8) is 0 Å². The monoisotopic (exact) mass is 336 g/mol. The Hall–Kier alpha value is -0.700. The number of ether oxygens (including phenoxy) is 1. The van der Waals surface area contributed by atoms with Crippen LogP contribution in [0.4, 0.5) is 5.69 Å². The van der Waals surface area contributed by atoms with Crippen LogP contribution < -0.4 is 9.46 Å². The zero-order valence-electron chi connectivity index (χ0n) is 10.2. The average molecular weight is 337 g/mol. The smallest absolute Gasteiger partial charge is 0.238 e. The van der Waals surface area contributed by atoms with E-state index in [9.17, 15) is 8.76 Å². The number of hydrogen-bond donors (Lipinski definition) is 1. The van der Waals surface area contributed by atoms with Gasteiger partial charge in [-0.05, 0) is 42.5 Å². The zero-order valence-corrected chi connectivity index (χ0v) is 12.6. The molecule has 0 aliphatic heterocycles. The summed E-state index contributed by atoms with van der Waals surface area (Å²) in [6.45, 7) is 1.37. The van der Waals surface area contributed by atoms with E-state index in [0.717, 1.165) is 13.0 Å². The zero-order chi connectivity index (χ0) is 13.5. The molecule has 18 heavy (non-hydrogen) atoms. The summed E-state index contributed by atoms with van der Waals surface area (Å²) >= 11 is 0.823. The molecule has 0 aliphatic rings. The van der Waals surface area contributed by atoms with Crippen molar-refractivity contribution in [2.45, 2.75) is 6.42 Å². The molecule has 1 unspecified atom stereocenters. The number of aromatic nitrogens is 1. The van der Waals surface area contributed by atoms with E-state index in [1.165, 1.54) is 0 Å². The van der Waals surface area contributed by atoms with Crippen LogP contribution in [-0.4, -0.2) is 45.9 Å². The molecule has 0 fully saturated rings. The van der Waals surface area contributed by atoms with Gasteiger partial charge in [0.05, 0.1) is 6.61 Å². The van der Waals surface area contributed by atoms with Crippen LogP contribution in [0, 0.1) is 0 Å². The third-order valence-corrected chi connectivity index (χ3v) is 2.82. The Kier molecular flexibility index (Phi) is 6.55. The Morgan fingerprint density at radius 3 is 2.94 bits per heavy atom. The van der Waals surface area contributed by atoms with Gasteiger partial charge in [0, 0.05) is 28.5 Å². The molecular weight excluding hydrogens is 322 g/mol. The van der Waals surface area contributed by atoms with E-state index in [1.54, 1.807) is 12.3 Å². The second kappa shape index (κ2) is 7.67. The van der Waals surface area contributed by atoms with Gasteiger partial charge in [0.2, 0.25) is 5.88 Å². The van der Waals surface area contributed by atoms with E-state index in [4.69, 9.17) is 4.74 Å². The molecule has 1 N–H and O–H groups in total. The molecule has 0 bridgehead atoms. The number of rotatable bonds is 7. The summed E-state index contributed by atoms with van der Waals surface area (Å²) in [6, 6.07) is 1.60. The molecule has 1 rings (SSSR count). The van der Waals surface area contributed by atoms with Crippen molar-refractivity contribution in [3.8, 4) is 5.88 Å². The van der Waals surface area contributed by atoms with Crippen molar-refractivity contribution in [1.29, 1.82) is 0 Å². The van der Waals surface area contributed by atoms with Gasteiger partial charge in [-0.3, -0.25) is 4.21 Å². The van der Waals surface area contributed by atoms with Crippen LogP contribution >= 0.6 is 15.9 Å². The minimum Gasteiger partial charge on any atom is -0.755 e. The van der Waals surface area contributed by atoms with Gasteiger partial charge in [0.1, 0.15) is 5.69 Å². The molecule has 1 atom stereocenters. The first-order valence-electron chi connectivity index (χ1n) is 5.28. The number of hydrogen-bond acceptors (Lipinski definition) is 5. The molecule has 0 aromatic carbocycles. The van der Waals surface area contributed by atoms with Gasteiger partial charge in [-0.2, -0.15) is 0 Å². The second-order valence-electron chi connectivity index (χ2n) is 3.85. The van der Waals surface area contributed by atoms with Crippen molar-refractivity contribution in [3.05, 3.63) is 16.7 Å². The summed E-state index contributed by atoms with van der Waals surface area (Å²) in [6.07, 6.45) is 2.39. The van der Waals surface area contributed by atoms with E-state index >= 15 is 0 Å². The number of anilines is 1.